The molecular weight excluding hydrogens is 642 g/mol. The van der Waals surface area contributed by atoms with Gasteiger partial charge in [-0.2, -0.15) is 26.3 Å². The maximum atomic E-state index is 14.3. The van der Waals surface area contributed by atoms with Crippen LogP contribution in [0.3, 0.4) is 0 Å². The van der Waals surface area contributed by atoms with Gasteiger partial charge < -0.3 is 0 Å². The van der Waals surface area contributed by atoms with Gasteiger partial charge >= 0.3 is 12.4 Å². The van der Waals surface area contributed by atoms with Gasteiger partial charge in [0.1, 0.15) is 0 Å². The first-order chi connectivity index (χ1) is 24.1. The molecule has 0 unspecified atom stereocenters. The van der Waals surface area contributed by atoms with Crippen LogP contribution in [0.15, 0.2) is 158 Å². The predicted molar refractivity (Wildman–Crippen MR) is 191 cm³/mol. The second-order valence-corrected chi connectivity index (χ2v) is 12.2. The molecule has 0 saturated carbocycles. The lowest BCUT2D eigenvalue weighted by Gasteiger charge is -2.25. The van der Waals surface area contributed by atoms with Crippen molar-refractivity contribution in [3.05, 3.63) is 169 Å². The molecule has 0 N–H and O–H groups in total. The average molecular weight is 669 g/mol. The van der Waals surface area contributed by atoms with Crippen LogP contribution < -0.4 is 0 Å². The van der Waals surface area contributed by atoms with Crippen molar-refractivity contribution in [1.82, 2.24) is 0 Å². The van der Waals surface area contributed by atoms with Gasteiger partial charge in [0.15, 0.2) is 0 Å². The van der Waals surface area contributed by atoms with E-state index in [-0.39, 0.29) is 0 Å². The van der Waals surface area contributed by atoms with Gasteiger partial charge in [-0.05, 0) is 101 Å². The standard InChI is InChI=1S/C44H26F6/c45-43(46,47)31-19-11-17-29(25-31)39-35-23-9-10-24-36(35)40(30-18-12-20-32(26-30)44(48,49)50)42-38(28-15-5-2-6-16-28)34-22-8-7-21-33(34)37(41(39)42)27-13-3-1-4-14-27/h1-26H. The summed E-state index contributed by atoms with van der Waals surface area (Å²) in [4.78, 5) is 0. The summed E-state index contributed by atoms with van der Waals surface area (Å²) in [6.07, 6.45) is -9.19. The van der Waals surface area contributed by atoms with E-state index in [1.165, 1.54) is 12.1 Å². The number of alkyl halides is 6. The molecule has 0 aliphatic carbocycles. The van der Waals surface area contributed by atoms with E-state index < -0.39 is 23.5 Å². The van der Waals surface area contributed by atoms with Crippen molar-refractivity contribution in [3.8, 4) is 44.5 Å². The third-order valence-corrected chi connectivity index (χ3v) is 9.26. The summed E-state index contributed by atoms with van der Waals surface area (Å²) in [6, 6.07) is 44.9. The SMILES string of the molecule is FC(F)(F)c1cccc(-c2c3ccccc3c(-c3cccc(C(F)(F)F)c3)c3c(-c4ccccc4)c4ccccc4c(-c4ccccc4)c23)c1. The fourth-order valence-corrected chi connectivity index (χ4v) is 7.24. The zero-order chi connectivity index (χ0) is 34.6. The van der Waals surface area contributed by atoms with Crippen molar-refractivity contribution in [3.63, 3.8) is 0 Å². The summed E-state index contributed by atoms with van der Waals surface area (Å²) in [6.45, 7) is 0. The van der Waals surface area contributed by atoms with Crippen LogP contribution >= 0.6 is 0 Å². The molecule has 8 aromatic carbocycles. The van der Waals surface area contributed by atoms with E-state index in [0.717, 1.165) is 57.3 Å². The molecule has 0 aromatic heterocycles. The molecule has 0 atom stereocenters. The first-order valence-corrected chi connectivity index (χ1v) is 16.0. The van der Waals surface area contributed by atoms with Gasteiger partial charge in [0.25, 0.3) is 0 Å². The van der Waals surface area contributed by atoms with Gasteiger partial charge in [-0.1, -0.05) is 133 Å². The van der Waals surface area contributed by atoms with Crippen molar-refractivity contribution in [2.75, 3.05) is 0 Å². The molecule has 0 heterocycles. The molecule has 50 heavy (non-hydrogen) atoms. The van der Waals surface area contributed by atoms with Crippen LogP contribution in [0.1, 0.15) is 11.1 Å². The summed E-state index contributed by atoms with van der Waals surface area (Å²) in [5.41, 5.74) is 3.46. The van der Waals surface area contributed by atoms with Gasteiger partial charge in [0.05, 0.1) is 11.1 Å². The minimum absolute atomic E-state index is 0.350. The number of benzene rings is 8. The van der Waals surface area contributed by atoms with Crippen molar-refractivity contribution in [2.45, 2.75) is 12.4 Å². The number of hydrogen-bond donors (Lipinski definition) is 0. The zero-order valence-electron chi connectivity index (χ0n) is 26.3. The zero-order valence-corrected chi connectivity index (χ0v) is 26.3. The lowest BCUT2D eigenvalue weighted by Crippen LogP contribution is -2.05. The van der Waals surface area contributed by atoms with Crippen LogP contribution in [-0.2, 0) is 12.4 Å². The highest BCUT2D eigenvalue weighted by Gasteiger charge is 2.33. The highest BCUT2D eigenvalue weighted by atomic mass is 19.4. The average Bonchev–Trinajstić information content (AvgIpc) is 3.13. The largest absolute Gasteiger partial charge is 0.416 e. The Morgan fingerprint density at radius 2 is 0.560 bits per heavy atom. The Balaban J connectivity index is 1.73. The maximum Gasteiger partial charge on any atom is 0.416 e. The molecule has 0 bridgehead atoms. The molecule has 0 saturated heterocycles. The second-order valence-electron chi connectivity index (χ2n) is 12.2. The Morgan fingerprint density at radius 3 is 0.880 bits per heavy atom. The second kappa shape index (κ2) is 11.9. The van der Waals surface area contributed by atoms with Crippen LogP contribution in [0.5, 0.6) is 0 Å². The molecular formula is C44H26F6. The normalized spacial score (nSPS) is 12.2. The van der Waals surface area contributed by atoms with Gasteiger partial charge in [0.2, 0.25) is 0 Å². The van der Waals surface area contributed by atoms with E-state index in [2.05, 4.69) is 0 Å². The summed E-state index contributed by atoms with van der Waals surface area (Å²) in [7, 11) is 0. The molecule has 0 amide bonds. The first kappa shape index (κ1) is 31.4. The Kier molecular flexibility index (Phi) is 7.48. The lowest BCUT2D eigenvalue weighted by atomic mass is 9.77. The van der Waals surface area contributed by atoms with Crippen molar-refractivity contribution in [2.24, 2.45) is 0 Å². The number of fused-ring (bicyclic) bond motifs is 3. The Morgan fingerprint density at radius 1 is 0.280 bits per heavy atom. The van der Waals surface area contributed by atoms with Gasteiger partial charge in [0, 0.05) is 0 Å². The molecule has 0 radical (unpaired) electrons. The monoisotopic (exact) mass is 668 g/mol. The van der Waals surface area contributed by atoms with E-state index in [4.69, 9.17) is 0 Å². The third-order valence-electron chi connectivity index (χ3n) is 9.26. The summed E-state index contributed by atoms with van der Waals surface area (Å²) < 4.78 is 85.7. The molecule has 0 fully saturated rings. The smallest absolute Gasteiger partial charge is 0.166 e. The minimum atomic E-state index is -4.59. The molecule has 6 heteroatoms. The van der Waals surface area contributed by atoms with E-state index in [0.29, 0.717) is 43.8 Å². The number of hydrogen-bond acceptors (Lipinski definition) is 0. The molecule has 0 aliphatic rings. The molecule has 244 valence electrons. The molecule has 8 aromatic rings. The van der Waals surface area contributed by atoms with Gasteiger partial charge in [-0.25, -0.2) is 0 Å². The highest BCUT2D eigenvalue weighted by molar-refractivity contribution is 6.33. The number of rotatable bonds is 4. The topological polar surface area (TPSA) is 0 Å². The van der Waals surface area contributed by atoms with E-state index in [1.54, 1.807) is 12.1 Å². The Hall–Kier alpha value is -5.88. The van der Waals surface area contributed by atoms with Crippen LogP contribution in [0, 0.1) is 0 Å². The highest BCUT2D eigenvalue weighted by Crippen LogP contribution is 2.54. The lowest BCUT2D eigenvalue weighted by molar-refractivity contribution is -0.138. The summed E-state index contributed by atoms with van der Waals surface area (Å²) >= 11 is 0. The molecule has 8 rings (SSSR count). The van der Waals surface area contributed by atoms with Crippen molar-refractivity contribution in [1.29, 1.82) is 0 Å². The fraction of sp³-hybridized carbons (Fsp3) is 0.0455. The summed E-state index contributed by atoms with van der Waals surface area (Å²) in [5, 5.41) is 4.28. The molecule has 0 spiro atoms. The molecule has 0 aliphatic heterocycles. The predicted octanol–water partition coefficient (Wildman–Crippen LogP) is 13.9. The first-order valence-electron chi connectivity index (χ1n) is 16.0. The van der Waals surface area contributed by atoms with Crippen molar-refractivity contribution >= 4 is 32.3 Å². The summed E-state index contributed by atoms with van der Waals surface area (Å²) in [5.74, 6) is 0. The Labute approximate surface area is 283 Å². The van der Waals surface area contributed by atoms with Crippen LogP contribution in [-0.4, -0.2) is 0 Å². The van der Waals surface area contributed by atoms with E-state index in [9.17, 15) is 26.3 Å². The maximum absolute atomic E-state index is 14.3. The quantitative estimate of drug-likeness (QED) is 0.129. The van der Waals surface area contributed by atoms with E-state index >= 15 is 0 Å². The van der Waals surface area contributed by atoms with Crippen molar-refractivity contribution < 1.29 is 26.3 Å². The third kappa shape index (κ3) is 5.28. The minimum Gasteiger partial charge on any atom is -0.166 e. The molecule has 0 nitrogen and oxygen atoms in total. The van der Waals surface area contributed by atoms with Crippen LogP contribution in [0.4, 0.5) is 26.3 Å². The van der Waals surface area contributed by atoms with Gasteiger partial charge in [-0.15, -0.1) is 0 Å². The van der Waals surface area contributed by atoms with E-state index in [1.807, 2.05) is 109 Å². The van der Waals surface area contributed by atoms with Crippen LogP contribution in [0.25, 0.3) is 76.8 Å². The Bertz CT molecular complexity index is 2370. The fourth-order valence-electron chi connectivity index (χ4n) is 7.24. The van der Waals surface area contributed by atoms with Gasteiger partial charge in [-0.3, -0.25) is 0 Å². The number of halogens is 6. The van der Waals surface area contributed by atoms with Crippen LogP contribution in [0.2, 0.25) is 0 Å².